The van der Waals surface area contributed by atoms with Crippen LogP contribution in [0.4, 0.5) is 11.4 Å². The summed E-state index contributed by atoms with van der Waals surface area (Å²) in [5, 5.41) is 16.4. The van der Waals surface area contributed by atoms with Crippen LogP contribution in [0.3, 0.4) is 0 Å². The SMILES string of the molecule is N=C(N)c1ccc(N2CCN(c3cccc(CC(=O)O)c3)CC2)cc1. The smallest absolute Gasteiger partial charge is 0.307 e. The van der Waals surface area contributed by atoms with Crippen LogP contribution in [0.1, 0.15) is 11.1 Å². The van der Waals surface area contributed by atoms with E-state index < -0.39 is 5.97 Å². The third-order valence-corrected chi connectivity index (χ3v) is 4.45. The molecule has 0 spiro atoms. The van der Waals surface area contributed by atoms with Crippen LogP contribution >= 0.6 is 0 Å². The van der Waals surface area contributed by atoms with Crippen molar-refractivity contribution in [1.29, 1.82) is 5.41 Å². The van der Waals surface area contributed by atoms with Gasteiger partial charge in [-0.1, -0.05) is 12.1 Å². The average Bonchev–Trinajstić information content (AvgIpc) is 2.62. The van der Waals surface area contributed by atoms with Crippen molar-refractivity contribution >= 4 is 23.2 Å². The van der Waals surface area contributed by atoms with Gasteiger partial charge in [0.05, 0.1) is 6.42 Å². The van der Waals surface area contributed by atoms with E-state index in [-0.39, 0.29) is 12.3 Å². The zero-order chi connectivity index (χ0) is 17.8. The molecule has 1 aliphatic rings. The molecule has 0 atom stereocenters. The lowest BCUT2D eigenvalue weighted by molar-refractivity contribution is -0.136. The maximum absolute atomic E-state index is 10.9. The Morgan fingerprint density at radius 2 is 1.60 bits per heavy atom. The van der Waals surface area contributed by atoms with E-state index in [1.807, 2.05) is 48.5 Å². The number of nitrogens with two attached hydrogens (primary N) is 1. The Kier molecular flexibility index (Phi) is 4.88. The predicted molar refractivity (Wildman–Crippen MR) is 99.7 cm³/mol. The molecule has 0 aliphatic carbocycles. The summed E-state index contributed by atoms with van der Waals surface area (Å²) in [6.07, 6.45) is 0.0519. The standard InChI is InChI=1S/C19H22N4O2/c20-19(21)15-4-6-16(7-5-15)22-8-10-23(11-9-22)17-3-1-2-14(12-17)13-18(24)25/h1-7,12H,8-11,13H2,(H3,20,21)(H,24,25). The van der Waals surface area contributed by atoms with Crippen LogP contribution in [0.15, 0.2) is 48.5 Å². The number of piperazine rings is 1. The van der Waals surface area contributed by atoms with Gasteiger partial charge in [0.1, 0.15) is 5.84 Å². The van der Waals surface area contributed by atoms with Crippen molar-refractivity contribution in [2.45, 2.75) is 6.42 Å². The number of carboxylic acid groups (broad SMARTS) is 1. The van der Waals surface area contributed by atoms with Crippen LogP contribution in [0.5, 0.6) is 0 Å². The minimum Gasteiger partial charge on any atom is -0.481 e. The molecule has 3 rings (SSSR count). The molecule has 1 saturated heterocycles. The maximum Gasteiger partial charge on any atom is 0.307 e. The molecular weight excluding hydrogens is 316 g/mol. The van der Waals surface area contributed by atoms with E-state index in [0.717, 1.165) is 48.7 Å². The summed E-state index contributed by atoms with van der Waals surface area (Å²) >= 11 is 0. The maximum atomic E-state index is 10.9. The van der Waals surface area contributed by atoms with E-state index >= 15 is 0 Å². The highest BCUT2D eigenvalue weighted by molar-refractivity contribution is 5.95. The monoisotopic (exact) mass is 338 g/mol. The lowest BCUT2D eigenvalue weighted by Crippen LogP contribution is -2.46. The number of carboxylic acids is 1. The second-order valence-corrected chi connectivity index (χ2v) is 6.18. The Hall–Kier alpha value is -3.02. The molecule has 6 nitrogen and oxygen atoms in total. The van der Waals surface area contributed by atoms with Gasteiger partial charge in [0, 0.05) is 43.1 Å². The molecule has 0 radical (unpaired) electrons. The van der Waals surface area contributed by atoms with Gasteiger partial charge >= 0.3 is 5.97 Å². The lowest BCUT2D eigenvalue weighted by Gasteiger charge is -2.37. The molecule has 0 saturated carbocycles. The molecule has 2 aromatic carbocycles. The second kappa shape index (κ2) is 7.25. The van der Waals surface area contributed by atoms with Crippen molar-refractivity contribution in [2.24, 2.45) is 5.73 Å². The van der Waals surface area contributed by atoms with E-state index in [4.69, 9.17) is 16.2 Å². The van der Waals surface area contributed by atoms with E-state index in [1.165, 1.54) is 0 Å². The molecule has 0 aromatic heterocycles. The molecule has 0 unspecified atom stereocenters. The summed E-state index contributed by atoms with van der Waals surface area (Å²) in [6, 6.07) is 15.5. The fraction of sp³-hybridized carbons (Fsp3) is 0.263. The summed E-state index contributed by atoms with van der Waals surface area (Å²) in [6.45, 7) is 3.54. The van der Waals surface area contributed by atoms with E-state index in [9.17, 15) is 4.79 Å². The van der Waals surface area contributed by atoms with Crippen LogP contribution < -0.4 is 15.5 Å². The number of nitrogens with zero attached hydrogens (tertiary/aromatic N) is 2. The average molecular weight is 338 g/mol. The fourth-order valence-corrected chi connectivity index (χ4v) is 3.11. The summed E-state index contributed by atoms with van der Waals surface area (Å²) in [5.74, 6) is -0.728. The van der Waals surface area contributed by atoms with Crippen LogP contribution in [-0.2, 0) is 11.2 Å². The molecule has 0 amide bonds. The van der Waals surface area contributed by atoms with Crippen molar-refractivity contribution in [3.05, 3.63) is 59.7 Å². The van der Waals surface area contributed by atoms with Crippen molar-refractivity contribution < 1.29 is 9.90 Å². The number of nitrogen functional groups attached to an aromatic ring is 1. The first-order chi connectivity index (χ1) is 12.0. The molecule has 4 N–H and O–H groups in total. The number of amidine groups is 1. The summed E-state index contributed by atoms with van der Waals surface area (Å²) < 4.78 is 0. The first kappa shape index (κ1) is 16.8. The lowest BCUT2D eigenvalue weighted by atomic mass is 10.1. The molecule has 130 valence electrons. The summed E-state index contributed by atoms with van der Waals surface area (Å²) in [5.41, 5.74) is 9.26. The van der Waals surface area contributed by atoms with Crippen LogP contribution in [0.25, 0.3) is 0 Å². The van der Waals surface area contributed by atoms with E-state index in [1.54, 1.807) is 0 Å². The van der Waals surface area contributed by atoms with E-state index in [0.29, 0.717) is 0 Å². The van der Waals surface area contributed by atoms with Gasteiger partial charge in [0.25, 0.3) is 0 Å². The number of carbonyl (C=O) groups is 1. The van der Waals surface area contributed by atoms with Gasteiger partial charge in [-0.25, -0.2) is 0 Å². The highest BCUT2D eigenvalue weighted by Crippen LogP contribution is 2.22. The highest BCUT2D eigenvalue weighted by Gasteiger charge is 2.18. The fourth-order valence-electron chi connectivity index (χ4n) is 3.11. The van der Waals surface area contributed by atoms with Crippen molar-refractivity contribution in [1.82, 2.24) is 0 Å². The molecule has 6 heteroatoms. The number of nitrogens with one attached hydrogen (secondary N) is 1. The molecule has 1 heterocycles. The minimum atomic E-state index is -0.809. The predicted octanol–water partition coefficient (Wildman–Crippen LogP) is 1.92. The number of hydrogen-bond donors (Lipinski definition) is 3. The van der Waals surface area contributed by atoms with E-state index in [2.05, 4.69) is 9.80 Å². The van der Waals surface area contributed by atoms with Crippen LogP contribution in [0, 0.1) is 5.41 Å². The molecule has 1 aliphatic heterocycles. The van der Waals surface area contributed by atoms with Crippen LogP contribution in [0.2, 0.25) is 0 Å². The highest BCUT2D eigenvalue weighted by atomic mass is 16.4. The normalized spacial score (nSPS) is 14.4. The molecular formula is C19H22N4O2. The van der Waals surface area contributed by atoms with Crippen molar-refractivity contribution in [3.8, 4) is 0 Å². The third kappa shape index (κ3) is 4.09. The minimum absolute atomic E-state index is 0.0519. The van der Waals surface area contributed by atoms with Gasteiger partial charge in [-0.2, -0.15) is 0 Å². The van der Waals surface area contributed by atoms with Gasteiger partial charge < -0.3 is 20.6 Å². The van der Waals surface area contributed by atoms with Gasteiger partial charge in [-0.15, -0.1) is 0 Å². The number of benzene rings is 2. The zero-order valence-corrected chi connectivity index (χ0v) is 14.0. The first-order valence-electron chi connectivity index (χ1n) is 8.28. The van der Waals surface area contributed by atoms with Gasteiger partial charge in [0.2, 0.25) is 0 Å². The second-order valence-electron chi connectivity index (χ2n) is 6.18. The van der Waals surface area contributed by atoms with Crippen molar-refractivity contribution in [2.75, 3.05) is 36.0 Å². The number of hydrogen-bond acceptors (Lipinski definition) is 4. The molecule has 2 aromatic rings. The Morgan fingerprint density at radius 1 is 1.00 bits per heavy atom. The zero-order valence-electron chi connectivity index (χ0n) is 14.0. The number of aliphatic carboxylic acids is 1. The molecule has 0 bridgehead atoms. The largest absolute Gasteiger partial charge is 0.481 e. The van der Waals surface area contributed by atoms with Gasteiger partial charge in [-0.3, -0.25) is 10.2 Å². The Morgan fingerprint density at radius 3 is 2.16 bits per heavy atom. The van der Waals surface area contributed by atoms with Gasteiger partial charge in [-0.05, 0) is 42.0 Å². The molecule has 25 heavy (non-hydrogen) atoms. The number of anilines is 2. The molecule has 1 fully saturated rings. The Labute approximate surface area is 147 Å². The Balaban J connectivity index is 1.63. The first-order valence-corrected chi connectivity index (χ1v) is 8.28. The van der Waals surface area contributed by atoms with Crippen LogP contribution in [-0.4, -0.2) is 43.1 Å². The summed E-state index contributed by atoms with van der Waals surface area (Å²) in [4.78, 5) is 15.5. The third-order valence-electron chi connectivity index (χ3n) is 4.45. The van der Waals surface area contributed by atoms with Crippen molar-refractivity contribution in [3.63, 3.8) is 0 Å². The topological polar surface area (TPSA) is 93.7 Å². The summed E-state index contributed by atoms with van der Waals surface area (Å²) in [7, 11) is 0. The quantitative estimate of drug-likeness (QED) is 0.572. The Bertz CT molecular complexity index is 765. The van der Waals surface area contributed by atoms with Gasteiger partial charge in [0.15, 0.2) is 0 Å². The number of rotatable bonds is 5.